The Bertz CT molecular complexity index is 1100. The largest absolute Gasteiger partial charge is 0.454 e. The van der Waals surface area contributed by atoms with Crippen LogP contribution in [0.1, 0.15) is 29.2 Å². The lowest BCUT2D eigenvalue weighted by Gasteiger charge is -2.39. The third-order valence-electron chi connectivity index (χ3n) is 5.40. The minimum Gasteiger partial charge on any atom is -0.454 e. The van der Waals surface area contributed by atoms with Crippen LogP contribution in [0.15, 0.2) is 76.2 Å². The molecule has 2 aliphatic rings. The molecule has 0 saturated carbocycles. The summed E-state index contributed by atoms with van der Waals surface area (Å²) in [5, 5.41) is 9.57. The molecule has 152 valence electrons. The number of rotatable bonds is 5. The standard InChI is InChI=1S/C24H21BrN2O3/c25-18-8-9-20-19(14-18)23(16-5-2-1-3-6-16)27(11-4-12-28)24(26-20)17-7-10-21-22(13-17)30-15-29-21/h1-3,5-10,13-14,23,28H,4,11-12,15H2. The molecule has 0 saturated heterocycles. The van der Waals surface area contributed by atoms with Gasteiger partial charge in [-0.05, 0) is 48.4 Å². The minimum atomic E-state index is -0.0110. The molecule has 6 heteroatoms. The van der Waals surface area contributed by atoms with E-state index in [0.717, 1.165) is 38.6 Å². The van der Waals surface area contributed by atoms with Gasteiger partial charge in [0.2, 0.25) is 6.79 Å². The van der Waals surface area contributed by atoms with Crippen molar-refractivity contribution in [3.63, 3.8) is 0 Å². The van der Waals surface area contributed by atoms with Crippen molar-refractivity contribution in [2.24, 2.45) is 4.99 Å². The molecule has 1 N–H and O–H groups in total. The SMILES string of the molecule is OCCCN1C(c2ccc3c(c2)OCO3)=Nc2ccc(Br)cc2C1c1ccccc1. The van der Waals surface area contributed by atoms with Gasteiger partial charge in [-0.2, -0.15) is 0 Å². The highest BCUT2D eigenvalue weighted by Gasteiger charge is 2.32. The quantitative estimate of drug-likeness (QED) is 0.574. The fourth-order valence-corrected chi connectivity index (χ4v) is 4.43. The number of ether oxygens (including phenoxy) is 2. The highest BCUT2D eigenvalue weighted by molar-refractivity contribution is 9.10. The number of halogens is 1. The molecular formula is C24H21BrN2O3. The maximum Gasteiger partial charge on any atom is 0.231 e. The van der Waals surface area contributed by atoms with Crippen LogP contribution in [0.25, 0.3) is 0 Å². The van der Waals surface area contributed by atoms with Crippen LogP contribution in [-0.4, -0.2) is 35.8 Å². The summed E-state index contributed by atoms with van der Waals surface area (Å²) in [7, 11) is 0. The van der Waals surface area contributed by atoms with Crippen LogP contribution in [-0.2, 0) is 0 Å². The number of nitrogens with zero attached hydrogens (tertiary/aromatic N) is 2. The fraction of sp³-hybridized carbons (Fsp3) is 0.208. The Morgan fingerprint density at radius 1 is 1.00 bits per heavy atom. The van der Waals surface area contributed by atoms with Gasteiger partial charge >= 0.3 is 0 Å². The van der Waals surface area contributed by atoms with E-state index in [1.165, 1.54) is 5.56 Å². The van der Waals surface area contributed by atoms with E-state index < -0.39 is 0 Å². The molecular weight excluding hydrogens is 444 g/mol. The van der Waals surface area contributed by atoms with Gasteiger partial charge < -0.3 is 19.5 Å². The lowest BCUT2D eigenvalue weighted by atomic mass is 9.92. The van der Waals surface area contributed by atoms with Crippen molar-refractivity contribution in [2.75, 3.05) is 19.9 Å². The molecule has 1 unspecified atom stereocenters. The van der Waals surface area contributed by atoms with Gasteiger partial charge in [0.25, 0.3) is 0 Å². The molecule has 0 radical (unpaired) electrons. The Hall–Kier alpha value is -2.83. The van der Waals surface area contributed by atoms with Crippen LogP contribution < -0.4 is 9.47 Å². The predicted octanol–water partition coefficient (Wildman–Crippen LogP) is 5.04. The normalized spacial score (nSPS) is 16.9. The van der Waals surface area contributed by atoms with Crippen molar-refractivity contribution in [1.82, 2.24) is 4.90 Å². The third-order valence-corrected chi connectivity index (χ3v) is 5.89. The first kappa shape index (κ1) is 19.2. The molecule has 5 nitrogen and oxygen atoms in total. The highest BCUT2D eigenvalue weighted by atomic mass is 79.9. The van der Waals surface area contributed by atoms with Gasteiger partial charge in [-0.25, -0.2) is 4.99 Å². The Balaban J connectivity index is 1.69. The van der Waals surface area contributed by atoms with Crippen LogP contribution in [0.2, 0.25) is 0 Å². The number of benzene rings is 3. The number of aliphatic hydroxyl groups is 1. The molecule has 0 bridgehead atoms. The maximum absolute atomic E-state index is 9.57. The van der Waals surface area contributed by atoms with Gasteiger partial charge in [0.15, 0.2) is 11.5 Å². The number of hydrogen-bond donors (Lipinski definition) is 1. The number of amidine groups is 1. The first-order valence-electron chi connectivity index (χ1n) is 9.95. The molecule has 0 aliphatic carbocycles. The summed E-state index contributed by atoms with van der Waals surface area (Å²) in [6.45, 7) is 1.04. The van der Waals surface area contributed by atoms with Gasteiger partial charge in [-0.3, -0.25) is 0 Å². The van der Waals surface area contributed by atoms with Crippen molar-refractivity contribution in [3.05, 3.63) is 87.9 Å². The second-order valence-electron chi connectivity index (χ2n) is 7.29. The van der Waals surface area contributed by atoms with E-state index in [1.54, 1.807) is 0 Å². The van der Waals surface area contributed by atoms with Crippen LogP contribution >= 0.6 is 15.9 Å². The average molecular weight is 465 g/mol. The second-order valence-corrected chi connectivity index (χ2v) is 8.21. The highest BCUT2D eigenvalue weighted by Crippen LogP contribution is 2.42. The summed E-state index contributed by atoms with van der Waals surface area (Å²) in [6.07, 6.45) is 0.649. The number of aliphatic hydroxyl groups excluding tert-OH is 1. The molecule has 3 aromatic rings. The van der Waals surface area contributed by atoms with Crippen molar-refractivity contribution in [1.29, 1.82) is 0 Å². The van der Waals surface area contributed by atoms with Crippen LogP contribution in [0, 0.1) is 0 Å². The summed E-state index contributed by atoms with van der Waals surface area (Å²) >= 11 is 3.62. The topological polar surface area (TPSA) is 54.3 Å². The number of aliphatic imine (C=N–C) groups is 1. The molecule has 0 fully saturated rings. The number of hydrogen-bond acceptors (Lipinski definition) is 5. The molecule has 1 atom stereocenters. The van der Waals surface area contributed by atoms with E-state index in [-0.39, 0.29) is 19.4 Å². The first-order chi connectivity index (χ1) is 14.7. The van der Waals surface area contributed by atoms with E-state index >= 15 is 0 Å². The summed E-state index contributed by atoms with van der Waals surface area (Å²) in [6, 6.07) is 22.6. The minimum absolute atomic E-state index is 0.0110. The number of fused-ring (bicyclic) bond motifs is 2. The van der Waals surface area contributed by atoms with Gasteiger partial charge in [0.05, 0.1) is 11.7 Å². The second kappa shape index (κ2) is 8.13. The predicted molar refractivity (Wildman–Crippen MR) is 120 cm³/mol. The third kappa shape index (κ3) is 3.46. The summed E-state index contributed by atoms with van der Waals surface area (Å²) < 4.78 is 12.1. The average Bonchev–Trinajstić information content (AvgIpc) is 3.25. The van der Waals surface area contributed by atoms with Crippen LogP contribution in [0.3, 0.4) is 0 Å². The Labute approximate surface area is 183 Å². The van der Waals surface area contributed by atoms with E-state index in [2.05, 4.69) is 51.2 Å². The molecule has 0 aromatic heterocycles. The molecule has 0 spiro atoms. The van der Waals surface area contributed by atoms with E-state index in [0.29, 0.717) is 13.0 Å². The zero-order valence-electron chi connectivity index (χ0n) is 16.3. The maximum atomic E-state index is 9.57. The lowest BCUT2D eigenvalue weighted by Crippen LogP contribution is -2.39. The molecule has 30 heavy (non-hydrogen) atoms. The Kier molecular flexibility index (Phi) is 5.19. The molecule has 2 aliphatic heterocycles. The van der Waals surface area contributed by atoms with Gasteiger partial charge in [-0.15, -0.1) is 0 Å². The van der Waals surface area contributed by atoms with E-state index in [9.17, 15) is 5.11 Å². The lowest BCUT2D eigenvalue weighted by molar-refractivity contribution is 0.174. The molecule has 0 amide bonds. The molecule has 2 heterocycles. The summed E-state index contributed by atoms with van der Waals surface area (Å²) in [5.41, 5.74) is 4.23. The van der Waals surface area contributed by atoms with Crippen molar-refractivity contribution in [3.8, 4) is 11.5 Å². The van der Waals surface area contributed by atoms with Crippen molar-refractivity contribution >= 4 is 27.5 Å². The fourth-order valence-electron chi connectivity index (χ4n) is 4.05. The molecule has 3 aromatic carbocycles. The van der Waals surface area contributed by atoms with Crippen molar-refractivity contribution in [2.45, 2.75) is 12.5 Å². The van der Waals surface area contributed by atoms with E-state index in [4.69, 9.17) is 14.5 Å². The summed E-state index contributed by atoms with van der Waals surface area (Å²) in [4.78, 5) is 7.31. The zero-order valence-corrected chi connectivity index (χ0v) is 17.9. The van der Waals surface area contributed by atoms with Gasteiger partial charge in [0, 0.05) is 28.8 Å². The summed E-state index contributed by atoms with van der Waals surface area (Å²) in [5.74, 6) is 2.35. The first-order valence-corrected chi connectivity index (χ1v) is 10.7. The smallest absolute Gasteiger partial charge is 0.231 e. The van der Waals surface area contributed by atoms with Crippen molar-refractivity contribution < 1.29 is 14.6 Å². The van der Waals surface area contributed by atoms with Crippen LogP contribution in [0.5, 0.6) is 11.5 Å². The monoisotopic (exact) mass is 464 g/mol. The van der Waals surface area contributed by atoms with Gasteiger partial charge in [-0.1, -0.05) is 46.3 Å². The van der Waals surface area contributed by atoms with Crippen LogP contribution in [0.4, 0.5) is 5.69 Å². The molecule has 5 rings (SSSR count). The van der Waals surface area contributed by atoms with Gasteiger partial charge in [0.1, 0.15) is 5.84 Å². The zero-order chi connectivity index (χ0) is 20.5. The Morgan fingerprint density at radius 3 is 2.67 bits per heavy atom. The van der Waals surface area contributed by atoms with E-state index in [1.807, 2.05) is 36.4 Å². The Morgan fingerprint density at radius 2 is 1.83 bits per heavy atom.